The van der Waals surface area contributed by atoms with Gasteiger partial charge in [-0.15, -0.1) is 11.8 Å². The van der Waals surface area contributed by atoms with E-state index in [2.05, 4.69) is 5.32 Å². The Morgan fingerprint density at radius 3 is 2.72 bits per heavy atom. The second-order valence-electron chi connectivity index (χ2n) is 6.58. The molecule has 2 aliphatic heterocycles. The molecule has 1 aromatic rings. The van der Waals surface area contributed by atoms with Crippen molar-refractivity contribution in [2.24, 2.45) is 0 Å². The number of para-hydroxylation sites is 1. The Morgan fingerprint density at radius 1 is 1.40 bits per heavy atom. The lowest BCUT2D eigenvalue weighted by molar-refractivity contribution is -0.172. The average Bonchev–Trinajstić information content (AvgIpc) is 2.86. The van der Waals surface area contributed by atoms with Crippen molar-refractivity contribution in [3.8, 4) is 5.75 Å². The quantitative estimate of drug-likeness (QED) is 0.566. The molecule has 2 N–H and O–H groups in total. The molecule has 0 aliphatic carbocycles. The smallest absolute Gasteiger partial charge is 0.258 e. The summed E-state index contributed by atoms with van der Waals surface area (Å²) in [5, 5.41) is 12.6. The predicted molar refractivity (Wildman–Crippen MR) is 93.0 cm³/mol. The van der Waals surface area contributed by atoms with Crippen molar-refractivity contribution in [2.45, 2.75) is 42.3 Å². The van der Waals surface area contributed by atoms with E-state index in [1.165, 1.54) is 7.11 Å². The zero-order valence-electron chi connectivity index (χ0n) is 14.3. The summed E-state index contributed by atoms with van der Waals surface area (Å²) in [5.41, 5.74) is 0. The van der Waals surface area contributed by atoms with E-state index in [0.717, 1.165) is 0 Å². The highest BCUT2D eigenvalue weighted by Crippen LogP contribution is 2.51. The van der Waals surface area contributed by atoms with Crippen LogP contribution >= 0.6 is 11.8 Å². The first kappa shape index (κ1) is 18.0. The fraction of sp³-hybridized carbons (Fsp3) is 0.529. The van der Waals surface area contributed by atoms with Crippen LogP contribution in [0.3, 0.4) is 0 Å². The van der Waals surface area contributed by atoms with Crippen molar-refractivity contribution in [3.05, 3.63) is 30.3 Å². The number of thioether (sulfide) groups is 1. The van der Waals surface area contributed by atoms with Gasteiger partial charge in [0.2, 0.25) is 5.91 Å². The molecule has 2 amide bonds. The highest BCUT2D eigenvalue weighted by Gasteiger charge is 2.63. The summed E-state index contributed by atoms with van der Waals surface area (Å²) in [5.74, 6) is 0.0344. The van der Waals surface area contributed by atoms with Gasteiger partial charge in [-0.2, -0.15) is 0 Å². The number of ether oxygens (including phenoxy) is 2. The molecule has 0 radical (unpaired) electrons. The van der Waals surface area contributed by atoms with Crippen LogP contribution in [0.4, 0.5) is 0 Å². The monoisotopic (exact) mass is 366 g/mol. The number of aliphatic hydroxyl groups excluding tert-OH is 1. The fourth-order valence-corrected chi connectivity index (χ4v) is 4.91. The number of methoxy groups -OCH3 is 1. The number of nitrogens with zero attached hydrogens (tertiary/aromatic N) is 1. The minimum atomic E-state index is -1.06. The zero-order valence-corrected chi connectivity index (χ0v) is 15.2. The summed E-state index contributed by atoms with van der Waals surface area (Å²) in [6.45, 7) is 3.75. The van der Waals surface area contributed by atoms with Gasteiger partial charge in [0.15, 0.2) is 12.9 Å². The Morgan fingerprint density at radius 2 is 2.08 bits per heavy atom. The van der Waals surface area contributed by atoms with Crippen LogP contribution in [0.5, 0.6) is 5.75 Å². The molecule has 0 aromatic heterocycles. The van der Waals surface area contributed by atoms with E-state index >= 15 is 0 Å². The van der Waals surface area contributed by atoms with Gasteiger partial charge in [0.05, 0.1) is 6.04 Å². The highest BCUT2D eigenvalue weighted by atomic mass is 32.2. The molecule has 136 valence electrons. The standard InChI is InChI=1S/C17H22N2O5S/c1-17(2)13(16(22)23-3)19-14(21)12(15(19)25-17)18-11(20)9-24-10-7-5-4-6-8-10/h4-8,12-13,15-16,22H,9H2,1-3H3,(H,18,20)/t12-,13+,15-,16?/m1/s1. The molecule has 4 atom stereocenters. The minimum absolute atomic E-state index is 0.154. The van der Waals surface area contributed by atoms with Crippen LogP contribution < -0.4 is 10.1 Å². The maximum Gasteiger partial charge on any atom is 0.258 e. The second kappa shape index (κ2) is 6.86. The van der Waals surface area contributed by atoms with Crippen molar-refractivity contribution < 1.29 is 24.2 Å². The molecule has 2 saturated heterocycles. The van der Waals surface area contributed by atoms with Gasteiger partial charge in [0, 0.05) is 11.9 Å². The molecular formula is C17H22N2O5S. The number of β-lactam (4-membered cyclic amide) rings is 1. The van der Waals surface area contributed by atoms with E-state index in [-0.39, 0.29) is 28.5 Å². The van der Waals surface area contributed by atoms with Crippen LogP contribution in [-0.4, -0.2) is 64.0 Å². The van der Waals surface area contributed by atoms with E-state index < -0.39 is 18.4 Å². The van der Waals surface area contributed by atoms with Gasteiger partial charge in [-0.1, -0.05) is 18.2 Å². The molecule has 2 fully saturated rings. The number of benzene rings is 1. The van der Waals surface area contributed by atoms with Crippen molar-refractivity contribution in [1.82, 2.24) is 10.2 Å². The molecule has 2 heterocycles. The molecule has 0 spiro atoms. The fourth-order valence-electron chi connectivity index (χ4n) is 3.25. The van der Waals surface area contributed by atoms with Crippen LogP contribution in [-0.2, 0) is 14.3 Å². The van der Waals surface area contributed by atoms with Gasteiger partial charge in [0.1, 0.15) is 17.2 Å². The molecule has 7 nitrogen and oxygen atoms in total. The molecule has 1 aromatic carbocycles. The SMILES string of the molecule is COC(O)[C@@H]1N2C(=O)[C@@H](NC(=O)COc3ccccc3)[C@H]2SC1(C)C. The van der Waals surface area contributed by atoms with E-state index in [1.54, 1.807) is 28.8 Å². The van der Waals surface area contributed by atoms with Gasteiger partial charge in [-0.25, -0.2) is 0 Å². The summed E-state index contributed by atoms with van der Waals surface area (Å²) in [4.78, 5) is 26.2. The molecule has 8 heteroatoms. The summed E-state index contributed by atoms with van der Waals surface area (Å²) >= 11 is 1.55. The lowest BCUT2D eigenvalue weighted by Gasteiger charge is -2.45. The number of hydrogen-bond donors (Lipinski definition) is 2. The number of carbonyl (C=O) groups excluding carboxylic acids is 2. The Balaban J connectivity index is 1.59. The van der Waals surface area contributed by atoms with Crippen LogP contribution in [0.25, 0.3) is 0 Å². The van der Waals surface area contributed by atoms with Crippen LogP contribution in [0.15, 0.2) is 30.3 Å². The van der Waals surface area contributed by atoms with Gasteiger partial charge in [-0.3, -0.25) is 9.59 Å². The summed E-state index contributed by atoms with van der Waals surface area (Å²) in [7, 11) is 1.41. The summed E-state index contributed by atoms with van der Waals surface area (Å²) in [6.07, 6.45) is -1.06. The van der Waals surface area contributed by atoms with E-state index in [4.69, 9.17) is 9.47 Å². The number of amides is 2. The van der Waals surface area contributed by atoms with Gasteiger partial charge in [-0.05, 0) is 26.0 Å². The molecule has 3 rings (SSSR count). The molecular weight excluding hydrogens is 344 g/mol. The molecule has 0 bridgehead atoms. The van der Waals surface area contributed by atoms with E-state index in [0.29, 0.717) is 5.75 Å². The van der Waals surface area contributed by atoms with Crippen molar-refractivity contribution >= 4 is 23.6 Å². The van der Waals surface area contributed by atoms with E-state index in [1.807, 2.05) is 32.0 Å². The number of aliphatic hydroxyl groups is 1. The Kier molecular flexibility index (Phi) is 4.95. The van der Waals surface area contributed by atoms with Crippen LogP contribution in [0, 0.1) is 0 Å². The first-order valence-corrected chi connectivity index (χ1v) is 8.91. The minimum Gasteiger partial charge on any atom is -0.484 e. The normalized spacial score (nSPS) is 28.1. The summed E-state index contributed by atoms with van der Waals surface area (Å²) in [6, 6.07) is 7.96. The predicted octanol–water partition coefficient (Wildman–Crippen LogP) is 0.577. The lowest BCUT2D eigenvalue weighted by atomic mass is 9.95. The topological polar surface area (TPSA) is 88.1 Å². The van der Waals surface area contributed by atoms with Gasteiger partial charge < -0.3 is 24.8 Å². The number of fused-ring (bicyclic) bond motifs is 1. The average molecular weight is 366 g/mol. The molecule has 0 saturated carbocycles. The Hall–Kier alpha value is -1.77. The Labute approximate surface area is 150 Å². The number of hydrogen-bond acceptors (Lipinski definition) is 6. The number of nitrogens with one attached hydrogen (secondary N) is 1. The van der Waals surface area contributed by atoms with Crippen molar-refractivity contribution in [3.63, 3.8) is 0 Å². The molecule has 2 aliphatic rings. The van der Waals surface area contributed by atoms with E-state index in [9.17, 15) is 14.7 Å². The Bertz CT molecular complexity index is 654. The highest BCUT2D eigenvalue weighted by molar-refractivity contribution is 8.01. The number of carbonyl (C=O) groups is 2. The van der Waals surface area contributed by atoms with Crippen LogP contribution in [0.1, 0.15) is 13.8 Å². The van der Waals surface area contributed by atoms with Gasteiger partial charge >= 0.3 is 0 Å². The molecule has 25 heavy (non-hydrogen) atoms. The van der Waals surface area contributed by atoms with Crippen molar-refractivity contribution in [2.75, 3.05) is 13.7 Å². The van der Waals surface area contributed by atoms with Gasteiger partial charge in [0.25, 0.3) is 5.91 Å². The lowest BCUT2D eigenvalue weighted by Crippen LogP contribution is -2.71. The second-order valence-corrected chi connectivity index (χ2v) is 8.35. The third-order valence-electron chi connectivity index (χ3n) is 4.46. The largest absolute Gasteiger partial charge is 0.484 e. The third-order valence-corrected chi connectivity index (χ3v) is 6.05. The first-order valence-electron chi connectivity index (χ1n) is 8.03. The number of rotatable bonds is 6. The maximum atomic E-state index is 12.5. The third kappa shape index (κ3) is 3.33. The maximum absolute atomic E-state index is 12.5. The zero-order chi connectivity index (χ0) is 18.2. The summed E-state index contributed by atoms with van der Waals surface area (Å²) < 4.78 is 10.0. The first-order chi connectivity index (χ1) is 11.8. The molecule has 1 unspecified atom stereocenters. The van der Waals surface area contributed by atoms with Crippen molar-refractivity contribution in [1.29, 1.82) is 0 Å². The van der Waals surface area contributed by atoms with Crippen LogP contribution in [0.2, 0.25) is 0 Å².